The van der Waals surface area contributed by atoms with E-state index in [4.69, 9.17) is 11.5 Å². The summed E-state index contributed by atoms with van der Waals surface area (Å²) < 4.78 is 28.4. The number of rotatable bonds is 4. The number of aryl methyl sites for hydroxylation is 2. The monoisotopic (exact) mass is 439 g/mol. The third kappa shape index (κ3) is 3.81. The van der Waals surface area contributed by atoms with Crippen LogP contribution in [0.3, 0.4) is 0 Å². The van der Waals surface area contributed by atoms with E-state index < -0.39 is 23.6 Å². The first-order valence-electron chi connectivity index (χ1n) is 9.48. The van der Waals surface area contributed by atoms with Crippen molar-refractivity contribution in [2.45, 2.75) is 20.0 Å². The molecule has 32 heavy (non-hydrogen) atoms. The van der Waals surface area contributed by atoms with E-state index in [1.54, 1.807) is 36.7 Å². The molecule has 0 bridgehead atoms. The maximum Gasteiger partial charge on any atom is 0.257 e. The summed E-state index contributed by atoms with van der Waals surface area (Å²) >= 11 is 0. The largest absolute Gasteiger partial charge is 0.382 e. The second kappa shape index (κ2) is 7.85. The van der Waals surface area contributed by atoms with Crippen molar-refractivity contribution in [3.05, 3.63) is 64.9 Å². The highest BCUT2D eigenvalue weighted by atomic mass is 19.1. The predicted octanol–water partition coefficient (Wildman–Crippen LogP) is 2.55. The molecule has 0 aliphatic carbocycles. The van der Waals surface area contributed by atoms with E-state index in [0.29, 0.717) is 34.2 Å². The molecule has 2 aromatic carbocycles. The molecule has 0 fully saturated rings. The van der Waals surface area contributed by atoms with E-state index in [1.165, 1.54) is 0 Å². The first-order chi connectivity index (χ1) is 15.1. The Morgan fingerprint density at radius 2 is 1.78 bits per heavy atom. The Labute approximate surface area is 180 Å². The number of amides is 1. The maximum absolute atomic E-state index is 13.4. The Morgan fingerprint density at radius 1 is 1.09 bits per heavy atom. The van der Waals surface area contributed by atoms with Gasteiger partial charge in [-0.25, -0.2) is 18.4 Å². The van der Waals surface area contributed by atoms with Crippen molar-refractivity contribution >= 4 is 34.4 Å². The first kappa shape index (κ1) is 21.1. The fourth-order valence-electron chi connectivity index (χ4n) is 3.44. The normalized spacial score (nSPS) is 12.2. The average molecular weight is 439 g/mol. The number of carbonyl (C=O) groups is 1. The van der Waals surface area contributed by atoms with Crippen molar-refractivity contribution in [2.24, 2.45) is 0 Å². The second-order valence-corrected chi connectivity index (χ2v) is 7.26. The number of halogens is 2. The van der Waals surface area contributed by atoms with Gasteiger partial charge < -0.3 is 21.9 Å². The van der Waals surface area contributed by atoms with E-state index in [1.807, 2.05) is 0 Å². The van der Waals surface area contributed by atoms with Crippen LogP contribution in [0.4, 0.5) is 26.2 Å². The minimum atomic E-state index is -1.75. The van der Waals surface area contributed by atoms with Crippen LogP contribution < -0.4 is 16.8 Å². The Hall–Kier alpha value is -4.12. The molecule has 1 unspecified atom stereocenters. The third-order valence-corrected chi connectivity index (χ3v) is 4.87. The first-order valence-corrected chi connectivity index (χ1v) is 9.48. The summed E-state index contributed by atoms with van der Waals surface area (Å²) in [5, 5.41) is 17.2. The molecule has 0 saturated carbocycles. The fraction of sp³-hybridized carbons (Fsp3) is 0.143. The highest BCUT2D eigenvalue weighted by Crippen LogP contribution is 2.28. The Bertz CT molecular complexity index is 1350. The lowest BCUT2D eigenvalue weighted by atomic mass is 10.1. The lowest BCUT2D eigenvalue weighted by Gasteiger charge is -2.14. The number of carbonyl (C=O) groups excluding carboxylic acids is 1. The van der Waals surface area contributed by atoms with E-state index >= 15 is 0 Å². The molecule has 1 atom stereocenters. The molecule has 0 saturated heterocycles. The molecule has 2 aromatic heterocycles. The van der Waals surface area contributed by atoms with E-state index in [0.717, 1.165) is 17.7 Å². The van der Waals surface area contributed by atoms with Crippen molar-refractivity contribution in [3.8, 4) is 5.69 Å². The van der Waals surface area contributed by atoms with Gasteiger partial charge in [-0.2, -0.15) is 10.1 Å². The van der Waals surface area contributed by atoms with Crippen molar-refractivity contribution in [2.75, 3.05) is 16.8 Å². The maximum atomic E-state index is 13.4. The topological polar surface area (TPSA) is 145 Å². The molecular weight excluding hydrogens is 420 g/mol. The van der Waals surface area contributed by atoms with Gasteiger partial charge in [-0.1, -0.05) is 0 Å². The summed E-state index contributed by atoms with van der Waals surface area (Å²) in [5.41, 5.74) is 14.9. The van der Waals surface area contributed by atoms with Crippen molar-refractivity contribution in [1.29, 1.82) is 0 Å². The second-order valence-electron chi connectivity index (χ2n) is 7.26. The Morgan fingerprint density at radius 3 is 2.44 bits per heavy atom. The molecule has 0 aliphatic rings. The number of nitrogens with two attached hydrogens (primary N) is 2. The van der Waals surface area contributed by atoms with E-state index in [9.17, 15) is 18.7 Å². The van der Waals surface area contributed by atoms with Gasteiger partial charge in [0.2, 0.25) is 5.95 Å². The molecular formula is C21H19F2N7O2. The summed E-state index contributed by atoms with van der Waals surface area (Å²) in [4.78, 5) is 20.6. The number of hydrogen-bond donors (Lipinski definition) is 4. The van der Waals surface area contributed by atoms with Crippen LogP contribution in [0.5, 0.6) is 0 Å². The lowest BCUT2D eigenvalue weighted by Crippen LogP contribution is -2.21. The zero-order valence-electron chi connectivity index (χ0n) is 17.1. The number of anilines is 3. The van der Waals surface area contributed by atoms with Gasteiger partial charge >= 0.3 is 0 Å². The van der Waals surface area contributed by atoms with Gasteiger partial charge in [0, 0.05) is 11.8 Å². The van der Waals surface area contributed by atoms with E-state index in [-0.39, 0.29) is 17.3 Å². The molecule has 6 N–H and O–H groups in total. The Kier molecular flexibility index (Phi) is 5.18. The van der Waals surface area contributed by atoms with Gasteiger partial charge in [-0.05, 0) is 55.3 Å². The molecule has 11 heteroatoms. The van der Waals surface area contributed by atoms with Gasteiger partial charge in [-0.15, -0.1) is 0 Å². The minimum Gasteiger partial charge on any atom is -0.382 e. The summed E-state index contributed by atoms with van der Waals surface area (Å²) in [6.07, 6.45) is -1.75. The standard InChI is InChI=1S/C21H19F2N7O2/c1-9-5-14(26-20(32)18(31)11-6-12(22)8-13(23)7-11)3-4-15(9)30-17-16(10(2)29-30)27-21(25)28-19(17)24/h3-8,18,31H,1-2H3,(H,26,32)(H4,24,25,27,28). The molecule has 4 rings (SSSR count). The van der Waals surface area contributed by atoms with Crippen LogP contribution in [0.25, 0.3) is 16.7 Å². The number of aliphatic hydroxyl groups is 1. The number of aromatic nitrogens is 4. The SMILES string of the molecule is Cc1cc(NC(=O)C(O)c2cc(F)cc(F)c2)ccc1-n1nc(C)c2nc(N)nc(N)c21. The van der Waals surface area contributed by atoms with Gasteiger partial charge in [0.25, 0.3) is 5.91 Å². The summed E-state index contributed by atoms with van der Waals surface area (Å²) in [6.45, 7) is 3.56. The van der Waals surface area contributed by atoms with Crippen LogP contribution >= 0.6 is 0 Å². The number of benzene rings is 2. The summed E-state index contributed by atoms with van der Waals surface area (Å²) in [7, 11) is 0. The summed E-state index contributed by atoms with van der Waals surface area (Å²) in [5.74, 6) is -2.40. The molecule has 0 radical (unpaired) electrons. The number of hydrogen-bond acceptors (Lipinski definition) is 7. The summed E-state index contributed by atoms with van der Waals surface area (Å²) in [6, 6.07) is 7.39. The third-order valence-electron chi connectivity index (χ3n) is 4.87. The van der Waals surface area contributed by atoms with Crippen LogP contribution in [0.2, 0.25) is 0 Å². The molecule has 0 aliphatic heterocycles. The molecule has 9 nitrogen and oxygen atoms in total. The van der Waals surface area contributed by atoms with Crippen molar-refractivity contribution in [3.63, 3.8) is 0 Å². The van der Waals surface area contributed by atoms with E-state index in [2.05, 4.69) is 20.4 Å². The zero-order valence-corrected chi connectivity index (χ0v) is 17.1. The molecule has 0 spiro atoms. The molecule has 2 heterocycles. The number of fused-ring (bicyclic) bond motifs is 1. The van der Waals surface area contributed by atoms with Crippen molar-refractivity contribution in [1.82, 2.24) is 19.7 Å². The van der Waals surface area contributed by atoms with Crippen LogP contribution in [0.15, 0.2) is 36.4 Å². The zero-order chi connectivity index (χ0) is 23.2. The fourth-order valence-corrected chi connectivity index (χ4v) is 3.44. The predicted molar refractivity (Wildman–Crippen MR) is 115 cm³/mol. The van der Waals surface area contributed by atoms with Crippen molar-refractivity contribution < 1.29 is 18.7 Å². The lowest BCUT2D eigenvalue weighted by molar-refractivity contribution is -0.124. The van der Waals surface area contributed by atoms with Gasteiger partial charge in [0.15, 0.2) is 11.9 Å². The van der Waals surface area contributed by atoms with Gasteiger partial charge in [-0.3, -0.25) is 4.79 Å². The van der Waals surface area contributed by atoms with Gasteiger partial charge in [0.1, 0.15) is 22.7 Å². The molecule has 164 valence electrons. The van der Waals surface area contributed by atoms with Crippen LogP contribution in [-0.2, 0) is 4.79 Å². The molecule has 4 aromatic rings. The highest BCUT2D eigenvalue weighted by Gasteiger charge is 2.20. The Balaban J connectivity index is 1.63. The number of nitrogens with one attached hydrogen (secondary N) is 1. The average Bonchev–Trinajstić information content (AvgIpc) is 3.03. The van der Waals surface area contributed by atoms with Gasteiger partial charge in [0.05, 0.1) is 11.4 Å². The minimum absolute atomic E-state index is 0.0455. The van der Waals surface area contributed by atoms with Crippen LogP contribution in [0, 0.1) is 25.5 Å². The number of nitrogens with zero attached hydrogens (tertiary/aromatic N) is 4. The quantitative estimate of drug-likeness (QED) is 0.382. The molecule has 1 amide bonds. The number of nitrogen functional groups attached to an aromatic ring is 2. The number of aliphatic hydroxyl groups excluding tert-OH is 1. The smallest absolute Gasteiger partial charge is 0.257 e. The van der Waals surface area contributed by atoms with Crippen LogP contribution in [-0.4, -0.2) is 30.8 Å². The van der Waals surface area contributed by atoms with Crippen LogP contribution in [0.1, 0.15) is 22.9 Å². The highest BCUT2D eigenvalue weighted by molar-refractivity contribution is 5.95.